The molecule has 0 radical (unpaired) electrons. The number of fused-ring (bicyclic) bond motifs is 5. The Morgan fingerprint density at radius 3 is 2.71 bits per heavy atom. The van der Waals surface area contributed by atoms with E-state index in [-0.39, 0.29) is 0 Å². The van der Waals surface area contributed by atoms with E-state index in [1.165, 1.54) is 29.8 Å². The van der Waals surface area contributed by atoms with Gasteiger partial charge in [0.2, 0.25) is 0 Å². The van der Waals surface area contributed by atoms with Gasteiger partial charge in [0.15, 0.2) is 0 Å². The largest absolute Gasteiger partial charge is 0.282 e. The summed E-state index contributed by atoms with van der Waals surface area (Å²) in [7, 11) is 0. The molecule has 2 heteroatoms. The highest BCUT2D eigenvalue weighted by Gasteiger charge is 2.61. The van der Waals surface area contributed by atoms with Gasteiger partial charge in [0.25, 0.3) is 0 Å². The molecule has 1 N–H and O–H groups in total. The highest BCUT2D eigenvalue weighted by molar-refractivity contribution is 5.47. The molecule has 0 unspecified atom stereocenters. The van der Waals surface area contributed by atoms with Crippen LogP contribution in [-0.4, -0.2) is 10.2 Å². The summed E-state index contributed by atoms with van der Waals surface area (Å²) < 4.78 is 0. The van der Waals surface area contributed by atoms with Crippen LogP contribution in [0.25, 0.3) is 0 Å². The van der Waals surface area contributed by atoms with E-state index in [0.29, 0.717) is 10.8 Å². The summed E-state index contributed by atoms with van der Waals surface area (Å²) in [5, 5.41) is 7.67. The highest BCUT2D eigenvalue weighted by Crippen LogP contribution is 2.67. The van der Waals surface area contributed by atoms with E-state index in [2.05, 4.69) is 37.9 Å². The Kier molecular flexibility index (Phi) is 1.26. The van der Waals surface area contributed by atoms with Gasteiger partial charge in [0.05, 0.1) is 5.69 Å². The van der Waals surface area contributed by atoms with Crippen LogP contribution in [0, 0.1) is 12.3 Å². The third-order valence-corrected chi connectivity index (χ3v) is 5.09. The molecule has 2 nitrogen and oxygen atoms in total. The fraction of sp³-hybridized carbons (Fsp3) is 0.750. The first-order valence-corrected chi connectivity index (χ1v) is 5.54. The maximum Gasteiger partial charge on any atom is 0.0724 e. The van der Waals surface area contributed by atoms with E-state index in [1.54, 1.807) is 0 Å². The fourth-order valence-electron chi connectivity index (χ4n) is 3.71. The van der Waals surface area contributed by atoms with Crippen molar-refractivity contribution in [2.75, 3.05) is 0 Å². The molecule has 3 rings (SSSR count). The van der Waals surface area contributed by atoms with Gasteiger partial charge in [-0.25, -0.2) is 0 Å². The van der Waals surface area contributed by atoms with Crippen LogP contribution < -0.4 is 0 Å². The molecule has 2 bridgehead atoms. The first-order valence-electron chi connectivity index (χ1n) is 5.54. The lowest BCUT2D eigenvalue weighted by Gasteiger charge is -2.34. The predicted molar refractivity (Wildman–Crippen MR) is 56.4 cm³/mol. The lowest BCUT2D eigenvalue weighted by atomic mass is 9.70. The van der Waals surface area contributed by atoms with Crippen molar-refractivity contribution in [3.8, 4) is 0 Å². The van der Waals surface area contributed by atoms with Crippen molar-refractivity contribution in [1.29, 1.82) is 0 Å². The Hall–Kier alpha value is -0.790. The second kappa shape index (κ2) is 2.07. The second-order valence-electron chi connectivity index (χ2n) is 5.76. The van der Waals surface area contributed by atoms with Crippen molar-refractivity contribution in [2.45, 2.75) is 51.9 Å². The maximum absolute atomic E-state index is 4.52. The predicted octanol–water partition coefficient (Wildman–Crippen LogP) is 2.89. The van der Waals surface area contributed by atoms with Gasteiger partial charge in [-0.3, -0.25) is 5.10 Å². The maximum atomic E-state index is 4.52. The normalized spacial score (nSPS) is 37.6. The molecule has 1 fully saturated rings. The number of aromatic nitrogens is 2. The summed E-state index contributed by atoms with van der Waals surface area (Å²) in [4.78, 5) is 0. The summed E-state index contributed by atoms with van der Waals surface area (Å²) in [6.07, 6.45) is 2.65. The van der Waals surface area contributed by atoms with E-state index in [0.717, 1.165) is 5.92 Å². The molecule has 1 heterocycles. The smallest absolute Gasteiger partial charge is 0.0724 e. The number of aromatic amines is 1. The monoisotopic (exact) mass is 190 g/mol. The van der Waals surface area contributed by atoms with Crippen molar-refractivity contribution in [3.63, 3.8) is 0 Å². The van der Waals surface area contributed by atoms with Crippen LogP contribution in [0.3, 0.4) is 0 Å². The third-order valence-electron chi connectivity index (χ3n) is 5.09. The summed E-state index contributed by atoms with van der Waals surface area (Å²) in [5.74, 6) is 0.737. The van der Waals surface area contributed by atoms with E-state index < -0.39 is 0 Å². The van der Waals surface area contributed by atoms with Crippen LogP contribution in [0.2, 0.25) is 0 Å². The lowest BCUT2D eigenvalue weighted by molar-refractivity contribution is 0.225. The van der Waals surface area contributed by atoms with Crippen LogP contribution in [0.1, 0.15) is 56.5 Å². The fourth-order valence-corrected chi connectivity index (χ4v) is 3.71. The molecule has 0 aromatic carbocycles. The summed E-state index contributed by atoms with van der Waals surface area (Å²) >= 11 is 0. The zero-order valence-electron chi connectivity index (χ0n) is 9.44. The zero-order valence-corrected chi connectivity index (χ0v) is 9.44. The standard InChI is InChI=1S/C12H18N2/c1-7-9-8-5-6-12(4,11(8,2)3)10(9)14-13-7/h8H,5-6H2,1-4H3,(H,13,14)/t8-,12-/m1/s1. The highest BCUT2D eigenvalue weighted by atomic mass is 15.1. The van der Waals surface area contributed by atoms with Crippen LogP contribution in [0.15, 0.2) is 0 Å². The van der Waals surface area contributed by atoms with Gasteiger partial charge in [-0.15, -0.1) is 0 Å². The summed E-state index contributed by atoms with van der Waals surface area (Å²) in [5.41, 5.74) is 4.91. The SMILES string of the molecule is Cc1[nH]nc2c1[C@H]1CC[C@@]2(C)C1(C)C. The van der Waals surface area contributed by atoms with Crippen molar-refractivity contribution < 1.29 is 0 Å². The third kappa shape index (κ3) is 0.626. The van der Waals surface area contributed by atoms with Crippen LogP contribution in [0.4, 0.5) is 0 Å². The number of nitrogens with one attached hydrogen (secondary N) is 1. The molecule has 1 aromatic heterocycles. The van der Waals surface area contributed by atoms with Crippen molar-refractivity contribution in [2.24, 2.45) is 5.41 Å². The zero-order chi connectivity index (χ0) is 10.1. The molecule has 0 spiro atoms. The Morgan fingerprint density at radius 2 is 2.07 bits per heavy atom. The molecule has 1 saturated carbocycles. The Balaban J connectivity index is 2.31. The number of H-pyrrole nitrogens is 1. The van der Waals surface area contributed by atoms with E-state index >= 15 is 0 Å². The van der Waals surface area contributed by atoms with Gasteiger partial charge in [-0.1, -0.05) is 20.8 Å². The molecular formula is C12H18N2. The molecule has 0 amide bonds. The summed E-state index contributed by atoms with van der Waals surface area (Å²) in [6, 6.07) is 0. The minimum Gasteiger partial charge on any atom is -0.282 e. The Labute approximate surface area is 85.1 Å². The number of hydrogen-bond donors (Lipinski definition) is 1. The van der Waals surface area contributed by atoms with Crippen LogP contribution in [0.5, 0.6) is 0 Å². The van der Waals surface area contributed by atoms with Gasteiger partial charge >= 0.3 is 0 Å². The van der Waals surface area contributed by atoms with E-state index in [9.17, 15) is 0 Å². The van der Waals surface area contributed by atoms with Gasteiger partial charge in [-0.05, 0) is 31.1 Å². The molecule has 0 saturated heterocycles. The van der Waals surface area contributed by atoms with E-state index in [1.807, 2.05) is 0 Å². The average molecular weight is 190 g/mol. The van der Waals surface area contributed by atoms with Crippen LogP contribution in [-0.2, 0) is 5.41 Å². The second-order valence-corrected chi connectivity index (χ2v) is 5.76. The molecule has 76 valence electrons. The number of aryl methyl sites for hydroxylation is 1. The molecule has 0 aliphatic heterocycles. The first kappa shape index (κ1) is 8.51. The Bertz CT molecular complexity index is 402. The average Bonchev–Trinajstić information content (AvgIpc) is 2.63. The molecule has 2 aliphatic carbocycles. The minimum absolute atomic E-state index is 0.317. The molecular weight excluding hydrogens is 172 g/mol. The van der Waals surface area contributed by atoms with Crippen LogP contribution >= 0.6 is 0 Å². The van der Waals surface area contributed by atoms with Gasteiger partial charge in [0.1, 0.15) is 0 Å². The lowest BCUT2D eigenvalue weighted by Crippen LogP contribution is -2.32. The number of nitrogens with zero attached hydrogens (tertiary/aromatic N) is 1. The van der Waals surface area contributed by atoms with E-state index in [4.69, 9.17) is 0 Å². The molecule has 2 atom stereocenters. The quantitative estimate of drug-likeness (QED) is 0.669. The molecule has 1 aromatic rings. The van der Waals surface area contributed by atoms with Crippen molar-refractivity contribution in [3.05, 3.63) is 17.0 Å². The van der Waals surface area contributed by atoms with Gasteiger partial charge < -0.3 is 0 Å². The van der Waals surface area contributed by atoms with Crippen molar-refractivity contribution in [1.82, 2.24) is 10.2 Å². The topological polar surface area (TPSA) is 28.7 Å². The molecule has 2 aliphatic rings. The summed E-state index contributed by atoms with van der Waals surface area (Å²) in [6.45, 7) is 9.36. The number of rotatable bonds is 0. The Morgan fingerprint density at radius 1 is 1.36 bits per heavy atom. The van der Waals surface area contributed by atoms with Gasteiger partial charge in [0, 0.05) is 16.7 Å². The minimum atomic E-state index is 0.317. The van der Waals surface area contributed by atoms with Crippen molar-refractivity contribution >= 4 is 0 Å². The molecule has 14 heavy (non-hydrogen) atoms. The van der Waals surface area contributed by atoms with Gasteiger partial charge in [-0.2, -0.15) is 5.10 Å². The number of hydrogen-bond acceptors (Lipinski definition) is 1. The first-order chi connectivity index (χ1) is 6.48.